The van der Waals surface area contributed by atoms with Gasteiger partial charge < -0.3 is 9.30 Å². The molecule has 0 bridgehead atoms. The molecule has 1 atom stereocenters. The third-order valence-corrected chi connectivity index (χ3v) is 5.11. The fourth-order valence-electron chi connectivity index (χ4n) is 3.11. The molecular weight excluding hydrogens is 322 g/mol. The molecule has 1 aliphatic rings. The summed E-state index contributed by atoms with van der Waals surface area (Å²) in [5, 5.41) is 0. The van der Waals surface area contributed by atoms with Crippen molar-refractivity contribution in [3.05, 3.63) is 48.0 Å². The number of piperidine rings is 1. The number of nitrogens with zero attached hydrogens (tertiary/aromatic N) is 3. The van der Waals surface area contributed by atoms with Gasteiger partial charge in [0.05, 0.1) is 12.1 Å². The minimum Gasteiger partial charge on any atom is -0.493 e. The zero-order chi connectivity index (χ0) is 16.8. The van der Waals surface area contributed by atoms with E-state index in [0.29, 0.717) is 6.61 Å². The van der Waals surface area contributed by atoms with Gasteiger partial charge in [-0.15, -0.1) is 11.6 Å². The van der Waals surface area contributed by atoms with Crippen molar-refractivity contribution in [3.63, 3.8) is 0 Å². The maximum atomic E-state index is 6.48. The Morgan fingerprint density at radius 3 is 2.58 bits per heavy atom. The van der Waals surface area contributed by atoms with E-state index in [-0.39, 0.29) is 5.50 Å². The molecule has 4 nitrogen and oxygen atoms in total. The standard InChI is InChI=1S/C19H26ClN3O/c1-22-13-10-21-19(22)15-16-5-7-17(8-6-16)24-14-9-18(20)23-11-3-2-4-12-23/h5-8,10,13,18H,2-4,9,11-12,14-15H2,1H3. The summed E-state index contributed by atoms with van der Waals surface area (Å²) in [5.41, 5.74) is 1.33. The van der Waals surface area contributed by atoms with E-state index in [0.717, 1.165) is 37.5 Å². The molecule has 0 spiro atoms. The van der Waals surface area contributed by atoms with E-state index in [1.54, 1.807) is 0 Å². The Balaban J connectivity index is 1.43. The molecule has 0 saturated carbocycles. The lowest BCUT2D eigenvalue weighted by molar-refractivity contribution is 0.183. The van der Waals surface area contributed by atoms with Gasteiger partial charge in [0, 0.05) is 32.3 Å². The Morgan fingerprint density at radius 2 is 1.92 bits per heavy atom. The van der Waals surface area contributed by atoms with Crippen LogP contribution >= 0.6 is 11.6 Å². The van der Waals surface area contributed by atoms with E-state index in [1.807, 2.05) is 36.1 Å². The Kier molecular flexibility index (Phi) is 6.16. The highest BCUT2D eigenvalue weighted by Gasteiger charge is 2.18. The molecule has 0 aliphatic carbocycles. The van der Waals surface area contributed by atoms with Crippen LogP contribution in [-0.2, 0) is 13.5 Å². The highest BCUT2D eigenvalue weighted by molar-refractivity contribution is 6.20. The minimum atomic E-state index is 0.0907. The Bertz CT molecular complexity index is 620. The first kappa shape index (κ1) is 17.3. The first-order chi connectivity index (χ1) is 11.7. The van der Waals surface area contributed by atoms with Gasteiger partial charge in [0.1, 0.15) is 11.6 Å². The molecule has 1 aliphatic heterocycles. The van der Waals surface area contributed by atoms with E-state index < -0.39 is 0 Å². The molecule has 1 fully saturated rings. The van der Waals surface area contributed by atoms with E-state index in [4.69, 9.17) is 16.3 Å². The summed E-state index contributed by atoms with van der Waals surface area (Å²) in [5.74, 6) is 1.97. The SMILES string of the molecule is Cn1ccnc1Cc1ccc(OCCC(Cl)N2CCCCC2)cc1. The predicted molar refractivity (Wildman–Crippen MR) is 97.6 cm³/mol. The van der Waals surface area contributed by atoms with E-state index in [9.17, 15) is 0 Å². The third-order valence-electron chi connectivity index (χ3n) is 4.62. The lowest BCUT2D eigenvalue weighted by atomic mass is 10.1. The summed E-state index contributed by atoms with van der Waals surface area (Å²) in [6, 6.07) is 8.27. The highest BCUT2D eigenvalue weighted by Crippen LogP contribution is 2.19. The molecule has 1 unspecified atom stereocenters. The van der Waals surface area contributed by atoms with Crippen LogP contribution in [-0.4, -0.2) is 39.6 Å². The summed E-state index contributed by atoms with van der Waals surface area (Å²) in [4.78, 5) is 6.72. The average Bonchev–Trinajstić information content (AvgIpc) is 3.02. The highest BCUT2D eigenvalue weighted by atomic mass is 35.5. The number of aryl methyl sites for hydroxylation is 1. The first-order valence-electron chi connectivity index (χ1n) is 8.78. The summed E-state index contributed by atoms with van der Waals surface area (Å²) >= 11 is 6.48. The lowest BCUT2D eigenvalue weighted by Crippen LogP contribution is -2.36. The first-order valence-corrected chi connectivity index (χ1v) is 9.22. The van der Waals surface area contributed by atoms with Gasteiger partial charge in [-0.25, -0.2) is 4.98 Å². The zero-order valence-corrected chi connectivity index (χ0v) is 15.1. The van der Waals surface area contributed by atoms with E-state index >= 15 is 0 Å². The Labute approximate surface area is 149 Å². The minimum absolute atomic E-state index is 0.0907. The van der Waals surface area contributed by atoms with Crippen molar-refractivity contribution in [3.8, 4) is 5.75 Å². The molecule has 0 radical (unpaired) electrons. The third kappa shape index (κ3) is 4.74. The molecule has 2 heterocycles. The number of ether oxygens (including phenoxy) is 1. The number of alkyl halides is 1. The number of hydrogen-bond donors (Lipinski definition) is 0. The lowest BCUT2D eigenvalue weighted by Gasteiger charge is -2.30. The van der Waals surface area contributed by atoms with Gasteiger partial charge in [-0.1, -0.05) is 18.6 Å². The van der Waals surface area contributed by atoms with Crippen molar-refractivity contribution in [2.75, 3.05) is 19.7 Å². The Morgan fingerprint density at radius 1 is 1.17 bits per heavy atom. The second-order valence-corrected chi connectivity index (χ2v) is 6.95. The fourth-order valence-corrected chi connectivity index (χ4v) is 3.39. The summed E-state index contributed by atoms with van der Waals surface area (Å²) < 4.78 is 7.90. The molecule has 130 valence electrons. The number of likely N-dealkylation sites (tertiary alicyclic amines) is 1. The molecule has 3 rings (SSSR count). The largest absolute Gasteiger partial charge is 0.493 e. The number of imidazole rings is 1. The Hall–Kier alpha value is -1.52. The maximum Gasteiger partial charge on any atom is 0.119 e. The number of hydrogen-bond acceptors (Lipinski definition) is 3. The molecule has 0 N–H and O–H groups in total. The van der Waals surface area contributed by atoms with Crippen LogP contribution in [0.3, 0.4) is 0 Å². The molecule has 1 saturated heterocycles. The summed E-state index contributed by atoms with van der Waals surface area (Å²) in [7, 11) is 2.02. The van der Waals surface area contributed by atoms with Crippen molar-refractivity contribution < 1.29 is 4.74 Å². The van der Waals surface area contributed by atoms with Gasteiger partial charge in [-0.3, -0.25) is 4.90 Å². The number of rotatable bonds is 7. The summed E-state index contributed by atoms with van der Waals surface area (Å²) in [6.07, 6.45) is 9.36. The molecule has 1 aromatic heterocycles. The molecule has 1 aromatic carbocycles. The quantitative estimate of drug-likeness (QED) is 0.563. The number of benzene rings is 1. The topological polar surface area (TPSA) is 30.3 Å². The van der Waals surface area contributed by atoms with E-state index in [1.165, 1.54) is 24.8 Å². The summed E-state index contributed by atoms with van der Waals surface area (Å²) in [6.45, 7) is 2.90. The van der Waals surface area contributed by atoms with Crippen LogP contribution in [0.15, 0.2) is 36.7 Å². The van der Waals surface area contributed by atoms with Gasteiger partial charge in [0.15, 0.2) is 0 Å². The van der Waals surface area contributed by atoms with Crippen LogP contribution in [0.2, 0.25) is 0 Å². The van der Waals surface area contributed by atoms with Gasteiger partial charge in [0.25, 0.3) is 0 Å². The van der Waals surface area contributed by atoms with Crippen LogP contribution in [0.5, 0.6) is 5.75 Å². The molecule has 0 amide bonds. The van der Waals surface area contributed by atoms with Gasteiger partial charge in [-0.2, -0.15) is 0 Å². The number of halogens is 1. The monoisotopic (exact) mass is 347 g/mol. The van der Waals surface area contributed by atoms with Crippen LogP contribution in [0.1, 0.15) is 37.1 Å². The van der Waals surface area contributed by atoms with Gasteiger partial charge in [-0.05, 0) is 43.6 Å². The van der Waals surface area contributed by atoms with Crippen molar-refractivity contribution in [2.24, 2.45) is 7.05 Å². The van der Waals surface area contributed by atoms with Gasteiger partial charge >= 0.3 is 0 Å². The van der Waals surface area contributed by atoms with Crippen molar-refractivity contribution in [1.29, 1.82) is 0 Å². The second kappa shape index (κ2) is 8.54. The van der Waals surface area contributed by atoms with E-state index in [2.05, 4.69) is 22.0 Å². The molecule has 24 heavy (non-hydrogen) atoms. The van der Waals surface area contributed by atoms with Crippen molar-refractivity contribution >= 4 is 11.6 Å². The molecule has 2 aromatic rings. The number of aromatic nitrogens is 2. The smallest absolute Gasteiger partial charge is 0.119 e. The normalized spacial score (nSPS) is 16.9. The molecule has 5 heteroatoms. The van der Waals surface area contributed by atoms with Crippen LogP contribution in [0.4, 0.5) is 0 Å². The van der Waals surface area contributed by atoms with Crippen LogP contribution in [0, 0.1) is 0 Å². The fraction of sp³-hybridized carbons (Fsp3) is 0.526. The zero-order valence-electron chi connectivity index (χ0n) is 14.3. The van der Waals surface area contributed by atoms with Crippen LogP contribution < -0.4 is 4.74 Å². The van der Waals surface area contributed by atoms with Crippen molar-refractivity contribution in [2.45, 2.75) is 37.6 Å². The van der Waals surface area contributed by atoms with Gasteiger partial charge in [0.2, 0.25) is 0 Å². The molecular formula is C19H26ClN3O. The van der Waals surface area contributed by atoms with Crippen LogP contribution in [0.25, 0.3) is 0 Å². The maximum absolute atomic E-state index is 6.48. The second-order valence-electron chi connectivity index (χ2n) is 6.44. The average molecular weight is 348 g/mol. The van der Waals surface area contributed by atoms with Crippen molar-refractivity contribution in [1.82, 2.24) is 14.5 Å². The predicted octanol–water partition coefficient (Wildman–Crippen LogP) is 3.83.